The number of aromatic hydroxyl groups is 1. The number of unbranched alkanes of at least 4 members (excludes halogenated alkanes) is 4. The standard InChI is InChI=1S/C25H39NO3.C11H8O3/c27-20-24-14-10-15-25(19-24,22-28)21-26-16-7-1-2-8-17-29-18-9-6-13-23-11-4-3-5-12-23;12-9-6-5-7-3-1-2-4-8(7)10(9)11(13)14/h3-5,10-12,14-15,26-28H,1-2,6-9,13,16-22H2;1-6,12H,(H,13,14). The van der Waals surface area contributed by atoms with Crippen LogP contribution in [0.15, 0.2) is 90.5 Å². The maximum Gasteiger partial charge on any atom is 0.340 e. The highest BCUT2D eigenvalue weighted by molar-refractivity contribution is 6.06. The molecule has 4 rings (SSSR count). The highest BCUT2D eigenvalue weighted by Crippen LogP contribution is 2.30. The number of aryl methyl sites for hydroxylation is 1. The van der Waals surface area contributed by atoms with Crippen molar-refractivity contribution in [2.45, 2.75) is 51.4 Å². The summed E-state index contributed by atoms with van der Waals surface area (Å²) in [5.74, 6) is -1.31. The molecule has 0 bridgehead atoms. The minimum absolute atomic E-state index is 0.0388. The average Bonchev–Trinajstić information content (AvgIpc) is 3.04. The molecule has 1 aliphatic carbocycles. The van der Waals surface area contributed by atoms with Crippen molar-refractivity contribution >= 4 is 16.7 Å². The topological polar surface area (TPSA) is 119 Å². The Morgan fingerprint density at radius 1 is 0.860 bits per heavy atom. The molecular formula is C36H47NO6. The van der Waals surface area contributed by atoms with E-state index in [-0.39, 0.29) is 29.9 Å². The van der Waals surface area contributed by atoms with E-state index in [0.717, 1.165) is 69.4 Å². The summed E-state index contributed by atoms with van der Waals surface area (Å²) in [6.45, 7) is 3.64. The first-order valence-electron chi connectivity index (χ1n) is 15.3. The Morgan fingerprint density at radius 2 is 1.58 bits per heavy atom. The lowest BCUT2D eigenvalue weighted by Gasteiger charge is -2.32. The number of hydrogen-bond acceptors (Lipinski definition) is 6. The van der Waals surface area contributed by atoms with E-state index in [9.17, 15) is 20.1 Å². The molecule has 1 atom stereocenters. The molecule has 5 N–H and O–H groups in total. The van der Waals surface area contributed by atoms with Gasteiger partial charge in [0.1, 0.15) is 11.3 Å². The maximum absolute atomic E-state index is 10.9. The van der Waals surface area contributed by atoms with Gasteiger partial charge in [0.15, 0.2) is 0 Å². The highest BCUT2D eigenvalue weighted by atomic mass is 16.5. The molecule has 232 valence electrons. The van der Waals surface area contributed by atoms with Gasteiger partial charge in [-0.1, -0.05) is 91.7 Å². The zero-order chi connectivity index (χ0) is 30.8. The summed E-state index contributed by atoms with van der Waals surface area (Å²) in [5, 5.41) is 42.2. The van der Waals surface area contributed by atoms with Gasteiger partial charge in [0.2, 0.25) is 0 Å². The summed E-state index contributed by atoms with van der Waals surface area (Å²) in [7, 11) is 0. The Hall–Kier alpha value is -3.49. The van der Waals surface area contributed by atoms with Crippen LogP contribution in [0.1, 0.15) is 60.9 Å². The van der Waals surface area contributed by atoms with Crippen LogP contribution in [0.2, 0.25) is 0 Å². The van der Waals surface area contributed by atoms with Crippen LogP contribution in [0.5, 0.6) is 5.75 Å². The first-order valence-corrected chi connectivity index (χ1v) is 15.3. The summed E-state index contributed by atoms with van der Waals surface area (Å²) >= 11 is 0. The molecular weight excluding hydrogens is 542 g/mol. The van der Waals surface area contributed by atoms with Crippen LogP contribution in [0.25, 0.3) is 10.8 Å². The fourth-order valence-corrected chi connectivity index (χ4v) is 5.26. The minimum Gasteiger partial charge on any atom is -0.507 e. The van der Waals surface area contributed by atoms with E-state index in [1.54, 1.807) is 24.3 Å². The molecule has 3 aromatic rings. The van der Waals surface area contributed by atoms with E-state index in [1.165, 1.54) is 30.9 Å². The number of carboxylic acids is 1. The summed E-state index contributed by atoms with van der Waals surface area (Å²) in [4.78, 5) is 10.9. The second-order valence-electron chi connectivity index (χ2n) is 11.2. The number of benzene rings is 3. The SMILES string of the molecule is O=C(O)c1c(O)ccc2ccccc12.OCC1=CC=CC(CO)(CNCCCCCCOCCCCc2ccccc2)C1. The Morgan fingerprint density at radius 3 is 2.33 bits per heavy atom. The monoisotopic (exact) mass is 589 g/mol. The first kappa shape index (κ1) is 34.0. The van der Waals surface area contributed by atoms with Crippen molar-refractivity contribution in [3.05, 3.63) is 102 Å². The van der Waals surface area contributed by atoms with Crippen molar-refractivity contribution < 1.29 is 30.0 Å². The molecule has 1 unspecified atom stereocenters. The molecule has 7 heteroatoms. The van der Waals surface area contributed by atoms with E-state index in [1.807, 2.05) is 18.2 Å². The van der Waals surface area contributed by atoms with Crippen LogP contribution in [0.3, 0.4) is 0 Å². The lowest BCUT2D eigenvalue weighted by atomic mass is 9.79. The van der Waals surface area contributed by atoms with Gasteiger partial charge in [0.25, 0.3) is 0 Å². The van der Waals surface area contributed by atoms with E-state index < -0.39 is 5.97 Å². The number of carbonyl (C=O) groups is 1. The number of carboxylic acid groups (broad SMARTS) is 1. The number of nitrogens with one attached hydrogen (secondary N) is 1. The second kappa shape index (κ2) is 18.9. The number of hydrogen-bond donors (Lipinski definition) is 5. The molecule has 0 heterocycles. The fraction of sp³-hybridized carbons (Fsp3) is 0.417. The number of phenols is 1. The lowest BCUT2D eigenvalue weighted by molar-refractivity contribution is 0.0696. The summed E-state index contributed by atoms with van der Waals surface area (Å²) < 4.78 is 5.75. The number of aliphatic hydroxyl groups is 2. The first-order chi connectivity index (χ1) is 21.0. The van der Waals surface area contributed by atoms with Crippen LogP contribution in [0, 0.1) is 5.41 Å². The normalized spacial score (nSPS) is 16.0. The number of rotatable bonds is 17. The molecule has 7 nitrogen and oxygen atoms in total. The van der Waals surface area contributed by atoms with Crippen molar-refractivity contribution in [3.63, 3.8) is 0 Å². The molecule has 3 aromatic carbocycles. The van der Waals surface area contributed by atoms with E-state index >= 15 is 0 Å². The van der Waals surface area contributed by atoms with Gasteiger partial charge in [0, 0.05) is 25.2 Å². The molecule has 0 fully saturated rings. The Balaban J connectivity index is 0.000000299. The quantitative estimate of drug-likeness (QED) is 0.118. The number of ether oxygens (including phenoxy) is 1. The Labute approximate surface area is 255 Å². The number of allylic oxidation sites excluding steroid dienone is 2. The van der Waals surface area contributed by atoms with Crippen LogP contribution in [-0.2, 0) is 11.2 Å². The lowest BCUT2D eigenvalue weighted by Crippen LogP contribution is -2.37. The predicted molar refractivity (Wildman–Crippen MR) is 173 cm³/mol. The third-order valence-electron chi connectivity index (χ3n) is 7.72. The summed E-state index contributed by atoms with van der Waals surface area (Å²) in [6.07, 6.45) is 14.8. The van der Waals surface area contributed by atoms with Gasteiger partial charge in [0.05, 0.1) is 13.2 Å². The zero-order valence-corrected chi connectivity index (χ0v) is 25.1. The zero-order valence-electron chi connectivity index (χ0n) is 25.1. The molecule has 0 aromatic heterocycles. The van der Waals surface area contributed by atoms with Crippen molar-refractivity contribution in [2.75, 3.05) is 39.5 Å². The van der Waals surface area contributed by atoms with Gasteiger partial charge in [-0.25, -0.2) is 4.79 Å². The molecule has 43 heavy (non-hydrogen) atoms. The van der Waals surface area contributed by atoms with Gasteiger partial charge in [-0.05, 0) is 73.0 Å². The highest BCUT2D eigenvalue weighted by Gasteiger charge is 2.28. The van der Waals surface area contributed by atoms with Crippen molar-refractivity contribution in [1.82, 2.24) is 5.32 Å². The number of fused-ring (bicyclic) bond motifs is 1. The van der Waals surface area contributed by atoms with Crippen LogP contribution >= 0.6 is 0 Å². The van der Waals surface area contributed by atoms with Crippen molar-refractivity contribution in [1.29, 1.82) is 0 Å². The van der Waals surface area contributed by atoms with Crippen LogP contribution in [-0.4, -0.2) is 65.9 Å². The summed E-state index contributed by atoms with van der Waals surface area (Å²) in [5.41, 5.74) is 2.10. The second-order valence-corrected chi connectivity index (χ2v) is 11.2. The molecule has 0 saturated carbocycles. The molecule has 0 radical (unpaired) electrons. The molecule has 1 aliphatic rings. The van der Waals surface area contributed by atoms with Gasteiger partial charge < -0.3 is 30.5 Å². The van der Waals surface area contributed by atoms with E-state index in [2.05, 4.69) is 41.7 Å². The van der Waals surface area contributed by atoms with Crippen molar-refractivity contribution in [2.24, 2.45) is 5.41 Å². The van der Waals surface area contributed by atoms with Gasteiger partial charge in [-0.3, -0.25) is 0 Å². The molecule has 0 saturated heterocycles. The summed E-state index contributed by atoms with van der Waals surface area (Å²) in [6, 6.07) is 20.8. The predicted octanol–water partition coefficient (Wildman–Crippen LogP) is 6.28. The molecule has 0 spiro atoms. The Bertz CT molecular complexity index is 1310. The van der Waals surface area contributed by atoms with Gasteiger partial charge >= 0.3 is 5.97 Å². The van der Waals surface area contributed by atoms with Gasteiger partial charge in [-0.2, -0.15) is 0 Å². The third-order valence-corrected chi connectivity index (χ3v) is 7.72. The maximum atomic E-state index is 10.9. The van der Waals surface area contributed by atoms with Crippen molar-refractivity contribution in [3.8, 4) is 5.75 Å². The smallest absolute Gasteiger partial charge is 0.340 e. The fourth-order valence-electron chi connectivity index (χ4n) is 5.26. The Kier molecular flexibility index (Phi) is 15.0. The van der Waals surface area contributed by atoms with E-state index in [4.69, 9.17) is 9.84 Å². The molecule has 0 aliphatic heterocycles. The van der Waals surface area contributed by atoms with Crippen LogP contribution in [0.4, 0.5) is 0 Å². The molecule has 0 amide bonds. The third kappa shape index (κ3) is 11.6. The number of aliphatic hydroxyl groups excluding tert-OH is 2. The number of aromatic carboxylic acids is 1. The van der Waals surface area contributed by atoms with E-state index in [0.29, 0.717) is 5.39 Å². The van der Waals surface area contributed by atoms with Gasteiger partial charge in [-0.15, -0.1) is 0 Å². The largest absolute Gasteiger partial charge is 0.507 e. The van der Waals surface area contributed by atoms with Crippen LogP contribution < -0.4 is 5.32 Å². The average molecular weight is 590 g/mol. The minimum atomic E-state index is -1.11.